The Bertz CT molecular complexity index is 1060. The van der Waals surface area contributed by atoms with Crippen LogP contribution in [0.1, 0.15) is 45.2 Å². The molecule has 0 spiro atoms. The lowest BCUT2D eigenvalue weighted by Gasteiger charge is -2.38. The predicted molar refractivity (Wildman–Crippen MR) is 133 cm³/mol. The summed E-state index contributed by atoms with van der Waals surface area (Å²) < 4.78 is 7.06. The van der Waals surface area contributed by atoms with Gasteiger partial charge in [0.2, 0.25) is 11.8 Å². The van der Waals surface area contributed by atoms with E-state index in [2.05, 4.69) is 10.2 Å². The molecule has 0 bridgehead atoms. The Morgan fingerprint density at radius 1 is 1.06 bits per heavy atom. The number of piperidine rings is 2. The van der Waals surface area contributed by atoms with Crippen LogP contribution in [-0.2, 0) is 19.1 Å². The zero-order valence-electron chi connectivity index (χ0n) is 20.8. The summed E-state index contributed by atoms with van der Waals surface area (Å²) >= 11 is 0. The molecule has 2 fully saturated rings. The fourth-order valence-corrected chi connectivity index (χ4v) is 5.10. The van der Waals surface area contributed by atoms with E-state index in [0.717, 1.165) is 30.0 Å². The lowest BCUT2D eigenvalue weighted by molar-refractivity contribution is -0.152. The second-order valence-corrected chi connectivity index (χ2v) is 9.35. The van der Waals surface area contributed by atoms with Crippen molar-refractivity contribution in [3.05, 3.63) is 36.0 Å². The Morgan fingerprint density at radius 3 is 2.43 bits per heavy atom. The number of amides is 2. The van der Waals surface area contributed by atoms with Crippen molar-refractivity contribution in [1.29, 1.82) is 0 Å². The third-order valence-electron chi connectivity index (χ3n) is 6.83. The van der Waals surface area contributed by atoms with Crippen LogP contribution in [0, 0.1) is 18.8 Å². The molecule has 9 nitrogen and oxygen atoms in total. The van der Waals surface area contributed by atoms with Crippen molar-refractivity contribution in [1.82, 2.24) is 14.7 Å². The minimum absolute atomic E-state index is 0.0781. The van der Waals surface area contributed by atoms with Gasteiger partial charge < -0.3 is 19.9 Å². The molecule has 2 aromatic rings. The zero-order chi connectivity index (χ0) is 24.9. The van der Waals surface area contributed by atoms with Gasteiger partial charge in [0.05, 0.1) is 23.9 Å². The maximum atomic E-state index is 13.3. The van der Waals surface area contributed by atoms with Gasteiger partial charge in [0.1, 0.15) is 5.69 Å². The maximum absolute atomic E-state index is 13.3. The molecule has 1 atom stereocenters. The van der Waals surface area contributed by atoms with Gasteiger partial charge in [-0.3, -0.25) is 14.4 Å². The van der Waals surface area contributed by atoms with Gasteiger partial charge in [0, 0.05) is 39.0 Å². The predicted octanol–water partition coefficient (Wildman–Crippen LogP) is 3.16. The smallest absolute Gasteiger partial charge is 0.310 e. The van der Waals surface area contributed by atoms with Gasteiger partial charge in [-0.25, -0.2) is 4.68 Å². The van der Waals surface area contributed by atoms with Gasteiger partial charge >= 0.3 is 5.97 Å². The third kappa shape index (κ3) is 5.49. The van der Waals surface area contributed by atoms with Gasteiger partial charge in [-0.1, -0.05) is 18.2 Å². The number of aromatic nitrogens is 2. The monoisotopic (exact) mass is 481 g/mol. The van der Waals surface area contributed by atoms with Gasteiger partial charge in [-0.05, 0) is 51.7 Å². The molecule has 3 heterocycles. The number of nitrogens with one attached hydrogen (secondary N) is 1. The van der Waals surface area contributed by atoms with Crippen molar-refractivity contribution in [3.8, 4) is 5.69 Å². The SMILES string of the molecule is CCOC(=O)C1CCCN(C(=O)C2CCN(c3c(NC(C)=O)c(C)nn3-c3ccccc3)CC2)C1. The number of hydrogen-bond acceptors (Lipinski definition) is 6. The van der Waals surface area contributed by atoms with E-state index in [0.29, 0.717) is 51.3 Å². The molecule has 2 amide bonds. The average Bonchev–Trinajstić information content (AvgIpc) is 3.19. The zero-order valence-corrected chi connectivity index (χ0v) is 20.8. The molecule has 4 rings (SSSR count). The quantitative estimate of drug-likeness (QED) is 0.637. The van der Waals surface area contributed by atoms with E-state index >= 15 is 0 Å². The number of benzene rings is 1. The molecule has 0 radical (unpaired) electrons. The lowest BCUT2D eigenvalue weighted by Crippen LogP contribution is -2.48. The maximum Gasteiger partial charge on any atom is 0.310 e. The van der Waals surface area contributed by atoms with E-state index in [1.54, 1.807) is 6.92 Å². The van der Waals surface area contributed by atoms with Crippen molar-refractivity contribution in [2.24, 2.45) is 11.8 Å². The van der Waals surface area contributed by atoms with E-state index in [1.165, 1.54) is 6.92 Å². The number of ether oxygens (including phenoxy) is 1. The first kappa shape index (κ1) is 24.8. The summed E-state index contributed by atoms with van der Waals surface area (Å²) in [6.07, 6.45) is 3.01. The number of aryl methyl sites for hydroxylation is 1. The number of nitrogens with zero attached hydrogens (tertiary/aromatic N) is 4. The van der Waals surface area contributed by atoms with Crippen LogP contribution in [-0.4, -0.2) is 65.2 Å². The van der Waals surface area contributed by atoms with Crippen LogP contribution in [0.25, 0.3) is 5.69 Å². The van der Waals surface area contributed by atoms with Crippen molar-refractivity contribution in [2.45, 2.75) is 46.5 Å². The van der Waals surface area contributed by atoms with Crippen LogP contribution >= 0.6 is 0 Å². The summed E-state index contributed by atoms with van der Waals surface area (Å²) in [6, 6.07) is 9.85. The number of para-hydroxylation sites is 1. The average molecular weight is 482 g/mol. The number of carbonyl (C=O) groups is 3. The van der Waals surface area contributed by atoms with E-state index in [1.807, 2.05) is 46.8 Å². The third-order valence-corrected chi connectivity index (χ3v) is 6.83. The Morgan fingerprint density at radius 2 is 1.77 bits per heavy atom. The highest BCUT2D eigenvalue weighted by Gasteiger charge is 2.35. The Hall–Kier alpha value is -3.36. The Balaban J connectivity index is 1.48. The largest absolute Gasteiger partial charge is 0.466 e. The molecule has 1 aromatic carbocycles. The molecule has 35 heavy (non-hydrogen) atoms. The molecule has 0 saturated carbocycles. The first-order valence-electron chi connectivity index (χ1n) is 12.5. The second kappa shape index (κ2) is 10.9. The van der Waals surface area contributed by atoms with Gasteiger partial charge in [0.25, 0.3) is 0 Å². The van der Waals surface area contributed by atoms with Gasteiger partial charge in [-0.2, -0.15) is 5.10 Å². The summed E-state index contributed by atoms with van der Waals surface area (Å²) in [5.41, 5.74) is 2.37. The van der Waals surface area contributed by atoms with E-state index < -0.39 is 0 Å². The summed E-state index contributed by atoms with van der Waals surface area (Å²) in [4.78, 5) is 41.5. The van der Waals surface area contributed by atoms with Crippen LogP contribution in [0.2, 0.25) is 0 Å². The van der Waals surface area contributed by atoms with Crippen molar-refractivity contribution >= 4 is 29.3 Å². The van der Waals surface area contributed by atoms with Crippen LogP contribution in [0.15, 0.2) is 30.3 Å². The normalized spacial score (nSPS) is 18.9. The second-order valence-electron chi connectivity index (χ2n) is 9.35. The summed E-state index contributed by atoms with van der Waals surface area (Å²) in [5.74, 6) is 0.327. The molecule has 9 heteroatoms. The number of carbonyl (C=O) groups excluding carboxylic acids is 3. The fourth-order valence-electron chi connectivity index (χ4n) is 5.10. The summed E-state index contributed by atoms with van der Waals surface area (Å²) in [7, 11) is 0. The highest BCUT2D eigenvalue weighted by atomic mass is 16.5. The molecule has 1 N–H and O–H groups in total. The molecule has 2 aliphatic heterocycles. The van der Waals surface area contributed by atoms with Crippen molar-refractivity contribution < 1.29 is 19.1 Å². The molecule has 1 unspecified atom stereocenters. The van der Waals surface area contributed by atoms with Gasteiger partial charge in [0.15, 0.2) is 5.82 Å². The van der Waals surface area contributed by atoms with E-state index in [-0.39, 0.29) is 29.6 Å². The van der Waals surface area contributed by atoms with Crippen LogP contribution in [0.3, 0.4) is 0 Å². The van der Waals surface area contributed by atoms with E-state index in [4.69, 9.17) is 9.84 Å². The fraction of sp³-hybridized carbons (Fsp3) is 0.538. The molecule has 2 saturated heterocycles. The standard InChI is InChI=1S/C26H35N5O4/c1-4-35-26(34)21-9-8-14-30(17-21)25(33)20-12-15-29(16-13-20)24-23(27-19(3)32)18(2)28-31(24)22-10-6-5-7-11-22/h5-7,10-11,20-21H,4,8-9,12-17H2,1-3H3,(H,27,32). The number of hydrogen-bond donors (Lipinski definition) is 1. The number of anilines is 2. The topological polar surface area (TPSA) is 96.8 Å². The first-order chi connectivity index (χ1) is 16.9. The van der Waals surface area contributed by atoms with Crippen LogP contribution in [0.4, 0.5) is 11.5 Å². The highest BCUT2D eigenvalue weighted by Crippen LogP contribution is 2.35. The molecule has 188 valence electrons. The van der Waals surface area contributed by atoms with E-state index in [9.17, 15) is 14.4 Å². The minimum Gasteiger partial charge on any atom is -0.466 e. The molecule has 1 aromatic heterocycles. The highest BCUT2D eigenvalue weighted by molar-refractivity contribution is 5.93. The Labute approximate surface area is 206 Å². The molecular formula is C26H35N5O4. The van der Waals surface area contributed by atoms with Crippen molar-refractivity contribution in [3.63, 3.8) is 0 Å². The number of likely N-dealkylation sites (tertiary alicyclic amines) is 1. The summed E-state index contributed by atoms with van der Waals surface area (Å²) in [5, 5.41) is 7.68. The molecular weight excluding hydrogens is 446 g/mol. The Kier molecular flexibility index (Phi) is 7.73. The van der Waals surface area contributed by atoms with Crippen molar-refractivity contribution in [2.75, 3.05) is 43.0 Å². The minimum atomic E-state index is -0.226. The van der Waals surface area contributed by atoms with Gasteiger partial charge in [-0.15, -0.1) is 0 Å². The van der Waals surface area contributed by atoms with Crippen LogP contribution in [0.5, 0.6) is 0 Å². The summed E-state index contributed by atoms with van der Waals surface area (Å²) in [6.45, 7) is 8.05. The lowest BCUT2D eigenvalue weighted by atomic mass is 9.92. The molecule has 0 aliphatic carbocycles. The number of rotatable bonds is 6. The first-order valence-corrected chi connectivity index (χ1v) is 12.5. The molecule has 2 aliphatic rings. The van der Waals surface area contributed by atoms with Crippen LogP contribution < -0.4 is 10.2 Å². The number of esters is 1.